The van der Waals surface area contributed by atoms with Crippen LogP contribution in [0.25, 0.3) is 21.9 Å². The molecular weight excluding hydrogens is 538 g/mol. The second-order valence-corrected chi connectivity index (χ2v) is 11.5. The average Bonchev–Trinajstić information content (AvgIpc) is 3.34. The van der Waals surface area contributed by atoms with Crippen LogP contribution in [0.2, 0.25) is 0 Å². The van der Waals surface area contributed by atoms with E-state index in [0.29, 0.717) is 31.9 Å². The van der Waals surface area contributed by atoms with E-state index in [4.69, 9.17) is 14.5 Å². The van der Waals surface area contributed by atoms with Gasteiger partial charge >= 0.3 is 5.97 Å². The number of nitrogens with one attached hydrogen (secondary N) is 1. The molecule has 0 aliphatic carbocycles. The number of fused-ring (bicyclic) bond motifs is 3. The SMILES string of the molecule is COC(=O)c1ccc2c3c(C)cc(C)nc3n(Cc3ccc(C(C(=O)NCc4ccccc4)C4CCOCC4)cc3)c2c1. The van der Waals surface area contributed by atoms with Gasteiger partial charge in [0.2, 0.25) is 5.91 Å². The molecule has 0 bridgehead atoms. The normalized spacial score (nSPS) is 14.6. The first-order chi connectivity index (χ1) is 20.9. The molecule has 6 rings (SSSR count). The number of ether oxygens (including phenoxy) is 2. The largest absolute Gasteiger partial charge is 0.465 e. The van der Waals surface area contributed by atoms with Crippen LogP contribution in [0, 0.1) is 19.8 Å². The molecule has 1 atom stereocenters. The molecule has 1 aliphatic heterocycles. The van der Waals surface area contributed by atoms with Gasteiger partial charge in [-0.05, 0) is 73.1 Å². The van der Waals surface area contributed by atoms with E-state index in [2.05, 4.69) is 47.1 Å². The maximum absolute atomic E-state index is 13.6. The molecule has 3 aromatic carbocycles. The number of esters is 1. The van der Waals surface area contributed by atoms with Gasteiger partial charge in [0.1, 0.15) is 5.65 Å². The number of nitrogens with zero attached hydrogens (tertiary/aromatic N) is 2. The van der Waals surface area contributed by atoms with Crippen molar-refractivity contribution in [3.63, 3.8) is 0 Å². The van der Waals surface area contributed by atoms with Crippen LogP contribution < -0.4 is 5.32 Å². The Hall–Kier alpha value is -4.49. The van der Waals surface area contributed by atoms with Crippen molar-refractivity contribution >= 4 is 33.8 Å². The molecule has 0 radical (unpaired) electrons. The summed E-state index contributed by atoms with van der Waals surface area (Å²) >= 11 is 0. The summed E-state index contributed by atoms with van der Waals surface area (Å²) in [6.45, 7) is 6.54. The fourth-order valence-corrected chi connectivity index (χ4v) is 6.43. The molecule has 1 aliphatic rings. The standard InChI is InChI=1S/C36H37N3O4/c1-23-19-24(2)38-34-32(23)30-14-13-29(36(41)42-3)20-31(30)39(34)22-26-9-11-27(12-10-26)33(28-15-17-43-18-16-28)35(40)37-21-25-7-5-4-6-8-25/h4-14,19-20,28,33H,15-18,21-22H2,1-3H3,(H,37,40). The Balaban J connectivity index is 1.33. The highest BCUT2D eigenvalue weighted by Crippen LogP contribution is 2.35. The van der Waals surface area contributed by atoms with Crippen molar-refractivity contribution in [2.75, 3.05) is 20.3 Å². The summed E-state index contributed by atoms with van der Waals surface area (Å²) in [6, 6.07) is 26.2. The van der Waals surface area contributed by atoms with Gasteiger partial charge in [-0.1, -0.05) is 60.7 Å². The molecule has 1 N–H and O–H groups in total. The number of rotatable bonds is 8. The van der Waals surface area contributed by atoms with E-state index in [1.165, 1.54) is 7.11 Å². The molecular formula is C36H37N3O4. The Kier molecular flexibility index (Phi) is 8.25. The minimum Gasteiger partial charge on any atom is -0.465 e. The van der Waals surface area contributed by atoms with Gasteiger partial charge in [0, 0.05) is 42.8 Å². The zero-order valence-electron chi connectivity index (χ0n) is 24.9. The lowest BCUT2D eigenvalue weighted by Crippen LogP contribution is -2.35. The van der Waals surface area contributed by atoms with Gasteiger partial charge in [-0.2, -0.15) is 0 Å². The number of benzene rings is 3. The first kappa shape index (κ1) is 28.6. The lowest BCUT2D eigenvalue weighted by molar-refractivity contribution is -0.124. The van der Waals surface area contributed by atoms with Crippen LogP contribution in [0.15, 0.2) is 78.9 Å². The molecule has 7 heteroatoms. The Bertz CT molecular complexity index is 1770. The number of hydrogen-bond acceptors (Lipinski definition) is 5. The maximum Gasteiger partial charge on any atom is 0.337 e. The van der Waals surface area contributed by atoms with Gasteiger partial charge in [0.05, 0.1) is 24.1 Å². The van der Waals surface area contributed by atoms with Crippen molar-refractivity contribution < 1.29 is 19.1 Å². The molecule has 0 saturated carbocycles. The summed E-state index contributed by atoms with van der Waals surface area (Å²) in [5, 5.41) is 5.33. The number of carbonyl (C=O) groups is 2. The molecule has 1 amide bonds. The van der Waals surface area contributed by atoms with Gasteiger partial charge in [-0.25, -0.2) is 9.78 Å². The highest BCUT2D eigenvalue weighted by atomic mass is 16.5. The van der Waals surface area contributed by atoms with E-state index in [9.17, 15) is 9.59 Å². The van der Waals surface area contributed by atoms with E-state index in [0.717, 1.165) is 62.7 Å². The Morgan fingerprint density at radius 1 is 0.977 bits per heavy atom. The number of pyridine rings is 1. The van der Waals surface area contributed by atoms with E-state index in [-0.39, 0.29) is 23.7 Å². The number of carbonyl (C=O) groups excluding carboxylic acids is 2. The van der Waals surface area contributed by atoms with Crippen LogP contribution in [-0.2, 0) is 27.4 Å². The smallest absolute Gasteiger partial charge is 0.337 e. The third-order valence-electron chi connectivity index (χ3n) is 8.57. The molecule has 2 aromatic heterocycles. The van der Waals surface area contributed by atoms with Crippen molar-refractivity contribution in [1.29, 1.82) is 0 Å². The molecule has 7 nitrogen and oxygen atoms in total. The fourth-order valence-electron chi connectivity index (χ4n) is 6.43. The minimum absolute atomic E-state index is 0.0522. The van der Waals surface area contributed by atoms with E-state index >= 15 is 0 Å². The van der Waals surface area contributed by atoms with Crippen molar-refractivity contribution in [2.24, 2.45) is 5.92 Å². The first-order valence-corrected chi connectivity index (χ1v) is 14.9. The summed E-state index contributed by atoms with van der Waals surface area (Å²) < 4.78 is 12.8. The summed E-state index contributed by atoms with van der Waals surface area (Å²) in [6.07, 6.45) is 1.72. The maximum atomic E-state index is 13.6. The molecule has 5 aromatic rings. The Morgan fingerprint density at radius 2 is 1.72 bits per heavy atom. The summed E-state index contributed by atoms with van der Waals surface area (Å²) in [5.74, 6) is -0.339. The summed E-state index contributed by atoms with van der Waals surface area (Å²) in [7, 11) is 1.40. The molecule has 1 saturated heterocycles. The Labute approximate surface area is 251 Å². The number of aromatic nitrogens is 2. The number of methoxy groups -OCH3 is 1. The van der Waals surface area contributed by atoms with Crippen LogP contribution >= 0.6 is 0 Å². The van der Waals surface area contributed by atoms with Crippen molar-refractivity contribution in [1.82, 2.24) is 14.9 Å². The highest BCUT2D eigenvalue weighted by molar-refractivity contribution is 6.10. The lowest BCUT2D eigenvalue weighted by atomic mass is 9.80. The molecule has 0 spiro atoms. The van der Waals surface area contributed by atoms with Crippen LogP contribution in [0.3, 0.4) is 0 Å². The minimum atomic E-state index is -0.367. The van der Waals surface area contributed by atoms with E-state index in [1.807, 2.05) is 55.5 Å². The molecule has 1 fully saturated rings. The van der Waals surface area contributed by atoms with E-state index < -0.39 is 0 Å². The topological polar surface area (TPSA) is 82.5 Å². The van der Waals surface area contributed by atoms with Crippen molar-refractivity contribution in [3.05, 3.63) is 112 Å². The average molecular weight is 576 g/mol. The monoisotopic (exact) mass is 575 g/mol. The third kappa shape index (κ3) is 5.90. The van der Waals surface area contributed by atoms with Crippen molar-refractivity contribution in [3.8, 4) is 0 Å². The molecule has 43 heavy (non-hydrogen) atoms. The van der Waals surface area contributed by atoms with Gasteiger partial charge in [-0.15, -0.1) is 0 Å². The van der Waals surface area contributed by atoms with Crippen LogP contribution in [0.1, 0.15) is 57.1 Å². The second-order valence-electron chi connectivity index (χ2n) is 11.5. The van der Waals surface area contributed by atoms with Gasteiger partial charge < -0.3 is 19.4 Å². The second kappa shape index (κ2) is 12.4. The van der Waals surface area contributed by atoms with E-state index in [1.54, 1.807) is 0 Å². The summed E-state index contributed by atoms with van der Waals surface area (Å²) in [4.78, 5) is 30.9. The molecule has 220 valence electrons. The quantitative estimate of drug-likeness (QED) is 0.215. The number of hydrogen-bond donors (Lipinski definition) is 1. The highest BCUT2D eigenvalue weighted by Gasteiger charge is 2.31. The molecule has 1 unspecified atom stereocenters. The Morgan fingerprint density at radius 3 is 2.44 bits per heavy atom. The third-order valence-corrected chi connectivity index (χ3v) is 8.57. The van der Waals surface area contributed by atoms with Gasteiger partial charge in [-0.3, -0.25) is 4.79 Å². The molecule has 3 heterocycles. The summed E-state index contributed by atoms with van der Waals surface area (Å²) in [5.41, 5.74) is 7.60. The lowest BCUT2D eigenvalue weighted by Gasteiger charge is -2.30. The van der Waals surface area contributed by atoms with Crippen LogP contribution in [0.4, 0.5) is 0 Å². The van der Waals surface area contributed by atoms with Crippen LogP contribution in [0.5, 0.6) is 0 Å². The number of aryl methyl sites for hydroxylation is 2. The predicted octanol–water partition coefficient (Wildman–Crippen LogP) is 6.47. The predicted molar refractivity (Wildman–Crippen MR) is 168 cm³/mol. The van der Waals surface area contributed by atoms with Crippen molar-refractivity contribution in [2.45, 2.75) is 45.7 Å². The van der Waals surface area contributed by atoms with Crippen LogP contribution in [-0.4, -0.2) is 41.8 Å². The van der Waals surface area contributed by atoms with Gasteiger partial charge in [0.25, 0.3) is 0 Å². The zero-order valence-corrected chi connectivity index (χ0v) is 24.9. The van der Waals surface area contributed by atoms with Gasteiger partial charge in [0.15, 0.2) is 0 Å². The zero-order chi connectivity index (χ0) is 29.9. The first-order valence-electron chi connectivity index (χ1n) is 14.9. The number of amides is 1. The fraction of sp³-hybridized carbons (Fsp3) is 0.306.